The molecule has 3 aromatic carbocycles. The molecule has 0 heterocycles. The van der Waals surface area contributed by atoms with Crippen LogP contribution in [0.25, 0.3) is 22.3 Å². The molecule has 0 atom stereocenters. The van der Waals surface area contributed by atoms with Crippen LogP contribution < -0.4 is 14.2 Å². The first-order valence-electron chi connectivity index (χ1n) is 13.1. The number of esters is 2. The minimum absolute atomic E-state index is 0.267. The van der Waals surface area contributed by atoms with Crippen LogP contribution in [0.3, 0.4) is 0 Å². The molecule has 0 aromatic heterocycles. The second kappa shape index (κ2) is 15.3. The minimum Gasteiger partial charge on any atom is -0.494 e. The summed E-state index contributed by atoms with van der Waals surface area (Å²) < 4.78 is 27.3. The van der Waals surface area contributed by atoms with Crippen LogP contribution >= 0.6 is 0 Å². The number of methoxy groups -OCH3 is 1. The zero-order valence-electron chi connectivity index (χ0n) is 23.4. The van der Waals surface area contributed by atoms with Gasteiger partial charge in [0.15, 0.2) is 0 Å². The van der Waals surface area contributed by atoms with Gasteiger partial charge in [-0.25, -0.2) is 9.59 Å². The van der Waals surface area contributed by atoms with E-state index in [1.54, 1.807) is 21.0 Å². The van der Waals surface area contributed by atoms with Gasteiger partial charge in [0.25, 0.3) is 0 Å². The van der Waals surface area contributed by atoms with Crippen molar-refractivity contribution >= 4 is 11.9 Å². The number of carbonyl (C=O) groups excluding carboxylic acids is 2. The van der Waals surface area contributed by atoms with Crippen LogP contribution in [0.15, 0.2) is 91.0 Å². The maximum Gasteiger partial charge on any atom is 0.338 e. The lowest BCUT2D eigenvalue weighted by Gasteiger charge is -2.13. The first kappa shape index (κ1) is 30.2. The zero-order valence-corrected chi connectivity index (χ0v) is 23.4. The second-order valence-electron chi connectivity index (χ2n) is 9.28. The fourth-order valence-corrected chi connectivity index (χ4v) is 3.60. The maximum absolute atomic E-state index is 12.3. The number of rotatable bonds is 15. The highest BCUT2D eigenvalue weighted by atomic mass is 16.5. The summed E-state index contributed by atoms with van der Waals surface area (Å²) in [6, 6.07) is 21.1. The van der Waals surface area contributed by atoms with Crippen molar-refractivity contribution < 1.29 is 33.3 Å². The molecule has 0 N–H and O–H groups in total. The summed E-state index contributed by atoms with van der Waals surface area (Å²) >= 11 is 0. The van der Waals surface area contributed by atoms with Gasteiger partial charge in [0.2, 0.25) is 0 Å². The number of benzene rings is 3. The number of ether oxygens (including phenoxy) is 5. The van der Waals surface area contributed by atoms with Crippen molar-refractivity contribution in [1.29, 1.82) is 0 Å². The van der Waals surface area contributed by atoms with Crippen LogP contribution in [0, 0.1) is 0 Å². The largest absolute Gasteiger partial charge is 0.494 e. The highest BCUT2D eigenvalue weighted by molar-refractivity contribution is 5.89. The summed E-state index contributed by atoms with van der Waals surface area (Å²) in [4.78, 5) is 23.7. The highest BCUT2D eigenvalue weighted by Gasteiger charge is 2.11. The van der Waals surface area contributed by atoms with Gasteiger partial charge in [0.1, 0.15) is 17.2 Å². The Morgan fingerprint density at radius 2 is 1.07 bits per heavy atom. The number of hydrogen-bond donors (Lipinski definition) is 0. The van der Waals surface area contributed by atoms with Crippen molar-refractivity contribution in [2.45, 2.75) is 26.7 Å². The van der Waals surface area contributed by atoms with E-state index < -0.39 is 11.9 Å². The Bertz CT molecular complexity index is 1310. The van der Waals surface area contributed by atoms with E-state index >= 15 is 0 Å². The molecule has 0 amide bonds. The quantitative estimate of drug-likeness (QED) is 0.0900. The Hall–Kier alpha value is -4.36. The lowest BCUT2D eigenvalue weighted by Crippen LogP contribution is -2.09. The van der Waals surface area contributed by atoms with E-state index in [0.717, 1.165) is 34.4 Å². The third-order valence-electron chi connectivity index (χ3n) is 5.74. The fraction of sp³-hybridized carbons (Fsp3) is 0.273. The van der Waals surface area contributed by atoms with Crippen LogP contribution in [-0.2, 0) is 19.1 Å². The Kier molecular flexibility index (Phi) is 11.5. The average molecular weight is 545 g/mol. The molecule has 0 spiro atoms. The smallest absolute Gasteiger partial charge is 0.338 e. The van der Waals surface area contributed by atoms with Gasteiger partial charge in [0, 0.05) is 37.7 Å². The van der Waals surface area contributed by atoms with Gasteiger partial charge in [-0.2, -0.15) is 0 Å². The number of carbonyl (C=O) groups is 2. The van der Waals surface area contributed by atoms with Crippen LogP contribution in [0.4, 0.5) is 0 Å². The molecule has 0 radical (unpaired) electrons. The standard InChI is InChI=1S/C33H36O7/c1-23(2)32(34)39-19-7-18-38-30-14-10-26(11-15-30)28-20-27(21-31(22-28)40-33(35)24(3)4)25-8-12-29(13-9-25)37-17-6-16-36-5/h8-15,20-22H,1,3,6-7,16-19H2,2,4-5H3. The predicted octanol–water partition coefficient (Wildman–Crippen LogP) is 6.81. The van der Waals surface area contributed by atoms with Gasteiger partial charge < -0.3 is 23.7 Å². The van der Waals surface area contributed by atoms with Gasteiger partial charge >= 0.3 is 11.9 Å². The fourth-order valence-electron chi connectivity index (χ4n) is 3.60. The summed E-state index contributed by atoms with van der Waals surface area (Å²) in [5, 5.41) is 0. The van der Waals surface area contributed by atoms with Crippen LogP contribution in [0.5, 0.6) is 17.2 Å². The molecule has 0 saturated carbocycles. The van der Waals surface area contributed by atoms with Gasteiger partial charge in [-0.1, -0.05) is 37.4 Å². The molecule has 0 aliphatic rings. The molecule has 210 valence electrons. The van der Waals surface area contributed by atoms with Crippen LogP contribution in [-0.4, -0.2) is 45.5 Å². The first-order valence-corrected chi connectivity index (χ1v) is 13.1. The molecule has 7 nitrogen and oxygen atoms in total. The van der Waals surface area contributed by atoms with Crippen molar-refractivity contribution in [2.75, 3.05) is 33.5 Å². The molecule has 0 aliphatic heterocycles. The lowest BCUT2D eigenvalue weighted by atomic mass is 9.98. The topological polar surface area (TPSA) is 80.3 Å². The SMILES string of the molecule is C=C(C)C(=O)OCCCOc1ccc(-c2cc(OC(=O)C(=C)C)cc(-c3ccc(OCCCOC)cc3)c2)cc1. The summed E-state index contributed by atoms with van der Waals surface area (Å²) in [5.74, 6) is 1.00. The third-order valence-corrected chi connectivity index (χ3v) is 5.74. The molecule has 0 saturated heterocycles. The Balaban J connectivity index is 1.74. The molecule has 0 unspecified atom stereocenters. The van der Waals surface area contributed by atoms with Crippen molar-refractivity contribution in [3.63, 3.8) is 0 Å². The highest BCUT2D eigenvalue weighted by Crippen LogP contribution is 2.33. The van der Waals surface area contributed by atoms with Crippen molar-refractivity contribution in [3.05, 3.63) is 91.0 Å². The molecular weight excluding hydrogens is 508 g/mol. The van der Waals surface area contributed by atoms with Crippen LogP contribution in [0.2, 0.25) is 0 Å². The lowest BCUT2D eigenvalue weighted by molar-refractivity contribution is -0.139. The van der Waals surface area contributed by atoms with Gasteiger partial charge in [-0.15, -0.1) is 0 Å². The molecule has 3 rings (SSSR count). The first-order chi connectivity index (χ1) is 19.3. The molecule has 0 bridgehead atoms. The van der Waals surface area contributed by atoms with E-state index in [0.29, 0.717) is 48.9 Å². The normalized spacial score (nSPS) is 10.5. The van der Waals surface area contributed by atoms with E-state index in [-0.39, 0.29) is 6.61 Å². The molecular formula is C33H36O7. The van der Waals surface area contributed by atoms with Gasteiger partial charge in [-0.05, 0) is 78.6 Å². The molecule has 7 heteroatoms. The zero-order chi connectivity index (χ0) is 28.9. The summed E-state index contributed by atoms with van der Waals surface area (Å²) in [6.45, 7) is 12.4. The predicted molar refractivity (Wildman–Crippen MR) is 156 cm³/mol. The summed E-state index contributed by atoms with van der Waals surface area (Å²) in [5.41, 5.74) is 4.33. The van der Waals surface area contributed by atoms with E-state index in [1.165, 1.54) is 0 Å². The molecule has 0 aliphatic carbocycles. The van der Waals surface area contributed by atoms with Crippen molar-refractivity contribution in [3.8, 4) is 39.5 Å². The Labute approximate surface area is 236 Å². The van der Waals surface area contributed by atoms with E-state index in [4.69, 9.17) is 23.7 Å². The number of hydrogen-bond acceptors (Lipinski definition) is 7. The maximum atomic E-state index is 12.3. The van der Waals surface area contributed by atoms with Crippen molar-refractivity contribution in [2.24, 2.45) is 0 Å². The van der Waals surface area contributed by atoms with E-state index in [1.807, 2.05) is 66.7 Å². The molecule has 0 fully saturated rings. The average Bonchev–Trinajstić information content (AvgIpc) is 2.95. The van der Waals surface area contributed by atoms with Gasteiger partial charge in [-0.3, -0.25) is 0 Å². The Morgan fingerprint density at radius 3 is 1.52 bits per heavy atom. The summed E-state index contributed by atoms with van der Waals surface area (Å²) in [7, 11) is 1.67. The van der Waals surface area contributed by atoms with E-state index in [9.17, 15) is 9.59 Å². The van der Waals surface area contributed by atoms with Gasteiger partial charge in [0.05, 0.1) is 19.8 Å². The monoisotopic (exact) mass is 544 g/mol. The van der Waals surface area contributed by atoms with E-state index in [2.05, 4.69) is 13.2 Å². The second-order valence-corrected chi connectivity index (χ2v) is 9.28. The van der Waals surface area contributed by atoms with Crippen molar-refractivity contribution in [1.82, 2.24) is 0 Å². The molecule has 3 aromatic rings. The third kappa shape index (κ3) is 9.43. The minimum atomic E-state index is -0.486. The van der Waals surface area contributed by atoms with Crippen LogP contribution in [0.1, 0.15) is 26.7 Å². The molecule has 40 heavy (non-hydrogen) atoms. The summed E-state index contributed by atoms with van der Waals surface area (Å²) in [6.07, 6.45) is 1.38. The Morgan fingerprint density at radius 1 is 0.600 bits per heavy atom.